The van der Waals surface area contributed by atoms with Crippen molar-refractivity contribution >= 4 is 0 Å². The van der Waals surface area contributed by atoms with Crippen molar-refractivity contribution in [2.24, 2.45) is 5.92 Å². The van der Waals surface area contributed by atoms with Crippen LogP contribution in [0, 0.1) is 5.92 Å². The van der Waals surface area contributed by atoms with Crippen LogP contribution in [0.2, 0.25) is 0 Å². The van der Waals surface area contributed by atoms with Gasteiger partial charge >= 0.3 is 6.18 Å². The number of hydrogen-bond donors (Lipinski definition) is 2. The predicted molar refractivity (Wildman–Crippen MR) is 59.9 cm³/mol. The van der Waals surface area contributed by atoms with E-state index >= 15 is 0 Å². The molecule has 2 fully saturated rings. The van der Waals surface area contributed by atoms with Crippen LogP contribution in [0.25, 0.3) is 0 Å². The van der Waals surface area contributed by atoms with Gasteiger partial charge in [0.05, 0.1) is 0 Å². The minimum absolute atomic E-state index is 0.290. The first kappa shape index (κ1) is 13.1. The minimum atomic E-state index is -4.11. The van der Waals surface area contributed by atoms with Gasteiger partial charge in [-0.15, -0.1) is 0 Å². The highest BCUT2D eigenvalue weighted by atomic mass is 19.4. The van der Waals surface area contributed by atoms with Gasteiger partial charge < -0.3 is 15.5 Å². The van der Waals surface area contributed by atoms with Gasteiger partial charge in [0.2, 0.25) is 0 Å². The Balaban J connectivity index is 1.91. The Morgan fingerprint density at radius 3 is 2.47 bits per heavy atom. The number of nitrogens with zero attached hydrogens (tertiary/aromatic N) is 1. The maximum atomic E-state index is 12.9. The molecule has 0 aromatic carbocycles. The zero-order chi connectivity index (χ0) is 12.3. The zero-order valence-electron chi connectivity index (χ0n) is 9.89. The number of hydrogen-bond acceptors (Lipinski definition) is 3. The third-order valence-electron chi connectivity index (χ3n) is 3.64. The fourth-order valence-electron chi connectivity index (χ4n) is 2.76. The highest BCUT2D eigenvalue weighted by Crippen LogP contribution is 2.31. The molecule has 0 spiro atoms. The molecule has 2 atom stereocenters. The van der Waals surface area contributed by atoms with Gasteiger partial charge in [0.1, 0.15) is 6.04 Å². The molecule has 100 valence electrons. The van der Waals surface area contributed by atoms with E-state index in [2.05, 4.69) is 15.5 Å². The molecule has 0 aromatic rings. The first-order valence-corrected chi connectivity index (χ1v) is 6.30. The SMILES string of the molecule is FC(F)(F)[C@H]1NCCC[C@@H]1CN1CCNCC1. The fraction of sp³-hybridized carbons (Fsp3) is 1.00. The quantitative estimate of drug-likeness (QED) is 0.761. The van der Waals surface area contributed by atoms with Crippen molar-refractivity contribution in [2.75, 3.05) is 39.3 Å². The third-order valence-corrected chi connectivity index (χ3v) is 3.64. The summed E-state index contributed by atoms with van der Waals surface area (Å²) in [7, 11) is 0. The lowest BCUT2D eigenvalue weighted by atomic mass is 9.89. The topological polar surface area (TPSA) is 27.3 Å². The van der Waals surface area contributed by atoms with Crippen LogP contribution in [0.5, 0.6) is 0 Å². The van der Waals surface area contributed by atoms with E-state index in [0.29, 0.717) is 19.5 Å². The minimum Gasteiger partial charge on any atom is -0.314 e. The summed E-state index contributed by atoms with van der Waals surface area (Å²) < 4.78 is 38.6. The Labute approximate surface area is 99.7 Å². The normalized spacial score (nSPS) is 32.6. The van der Waals surface area contributed by atoms with Crippen LogP contribution >= 0.6 is 0 Å². The van der Waals surface area contributed by atoms with E-state index in [9.17, 15) is 13.2 Å². The molecule has 0 bridgehead atoms. The largest absolute Gasteiger partial charge is 0.404 e. The number of halogens is 3. The molecule has 0 saturated carbocycles. The second-order valence-corrected chi connectivity index (χ2v) is 4.93. The van der Waals surface area contributed by atoms with Crippen LogP contribution in [0.1, 0.15) is 12.8 Å². The maximum Gasteiger partial charge on any atom is 0.404 e. The van der Waals surface area contributed by atoms with Gasteiger partial charge in [-0.2, -0.15) is 13.2 Å². The van der Waals surface area contributed by atoms with Crippen LogP contribution in [-0.2, 0) is 0 Å². The summed E-state index contributed by atoms with van der Waals surface area (Å²) in [4.78, 5) is 2.15. The Bertz CT molecular complexity index is 239. The van der Waals surface area contributed by atoms with Crippen LogP contribution in [0.3, 0.4) is 0 Å². The van der Waals surface area contributed by atoms with Crippen molar-refractivity contribution in [1.29, 1.82) is 0 Å². The lowest BCUT2D eigenvalue weighted by molar-refractivity contribution is -0.174. The highest BCUT2D eigenvalue weighted by molar-refractivity contribution is 4.89. The van der Waals surface area contributed by atoms with E-state index in [0.717, 1.165) is 32.6 Å². The molecule has 3 nitrogen and oxygen atoms in total. The molecule has 2 aliphatic heterocycles. The van der Waals surface area contributed by atoms with E-state index in [4.69, 9.17) is 0 Å². The van der Waals surface area contributed by atoms with Crippen molar-refractivity contribution in [3.8, 4) is 0 Å². The van der Waals surface area contributed by atoms with Gasteiger partial charge in [-0.3, -0.25) is 0 Å². The summed E-state index contributed by atoms with van der Waals surface area (Å²) in [5.74, 6) is -0.290. The van der Waals surface area contributed by atoms with E-state index in [-0.39, 0.29) is 5.92 Å². The monoisotopic (exact) mass is 251 g/mol. The number of piperazine rings is 1. The second-order valence-electron chi connectivity index (χ2n) is 4.93. The van der Waals surface area contributed by atoms with Gasteiger partial charge in [-0.1, -0.05) is 0 Å². The second kappa shape index (κ2) is 5.54. The first-order chi connectivity index (χ1) is 8.07. The Morgan fingerprint density at radius 1 is 1.12 bits per heavy atom. The van der Waals surface area contributed by atoms with Gasteiger partial charge in [0, 0.05) is 32.7 Å². The van der Waals surface area contributed by atoms with Crippen molar-refractivity contribution < 1.29 is 13.2 Å². The van der Waals surface area contributed by atoms with Gasteiger partial charge in [-0.05, 0) is 25.3 Å². The van der Waals surface area contributed by atoms with Crippen molar-refractivity contribution in [1.82, 2.24) is 15.5 Å². The summed E-state index contributed by atoms with van der Waals surface area (Å²) in [6.07, 6.45) is -2.58. The van der Waals surface area contributed by atoms with Crippen LogP contribution in [0.4, 0.5) is 13.2 Å². The first-order valence-electron chi connectivity index (χ1n) is 6.30. The van der Waals surface area contributed by atoms with Gasteiger partial charge in [0.15, 0.2) is 0 Å². The molecule has 0 aliphatic carbocycles. The summed E-state index contributed by atoms with van der Waals surface area (Å²) in [5, 5.41) is 5.85. The average molecular weight is 251 g/mol. The molecule has 2 aliphatic rings. The van der Waals surface area contributed by atoms with Gasteiger partial charge in [0.25, 0.3) is 0 Å². The zero-order valence-corrected chi connectivity index (χ0v) is 9.89. The standard InChI is InChI=1S/C11H20F3N3/c12-11(13,14)10-9(2-1-3-16-10)8-17-6-4-15-5-7-17/h9-10,15-16H,1-8H2/t9-,10+/m1/s1. The molecule has 2 N–H and O–H groups in total. The van der Waals surface area contributed by atoms with Crippen LogP contribution in [0.15, 0.2) is 0 Å². The lowest BCUT2D eigenvalue weighted by Crippen LogP contribution is -2.55. The van der Waals surface area contributed by atoms with Crippen molar-refractivity contribution in [2.45, 2.75) is 25.1 Å². The lowest BCUT2D eigenvalue weighted by Gasteiger charge is -2.38. The fourth-order valence-corrected chi connectivity index (χ4v) is 2.76. The molecular formula is C11H20F3N3. The molecule has 2 rings (SSSR count). The molecule has 2 heterocycles. The number of alkyl halides is 3. The Morgan fingerprint density at radius 2 is 1.82 bits per heavy atom. The van der Waals surface area contributed by atoms with E-state index in [1.807, 2.05) is 0 Å². The highest BCUT2D eigenvalue weighted by Gasteiger charge is 2.45. The number of piperidine rings is 1. The summed E-state index contributed by atoms with van der Waals surface area (Å²) in [6, 6.07) is -1.31. The molecule has 0 aromatic heterocycles. The molecule has 0 amide bonds. The van der Waals surface area contributed by atoms with Crippen LogP contribution < -0.4 is 10.6 Å². The number of nitrogens with one attached hydrogen (secondary N) is 2. The van der Waals surface area contributed by atoms with Crippen LogP contribution in [-0.4, -0.2) is 56.4 Å². The van der Waals surface area contributed by atoms with E-state index in [1.54, 1.807) is 0 Å². The smallest absolute Gasteiger partial charge is 0.314 e. The molecule has 6 heteroatoms. The van der Waals surface area contributed by atoms with Gasteiger partial charge in [-0.25, -0.2) is 0 Å². The van der Waals surface area contributed by atoms with E-state index in [1.165, 1.54) is 0 Å². The Hall–Kier alpha value is -0.330. The number of rotatable bonds is 2. The molecule has 2 saturated heterocycles. The Kier molecular flexibility index (Phi) is 4.27. The molecule has 17 heavy (non-hydrogen) atoms. The van der Waals surface area contributed by atoms with E-state index < -0.39 is 12.2 Å². The summed E-state index contributed by atoms with van der Waals surface area (Å²) in [6.45, 7) is 4.55. The summed E-state index contributed by atoms with van der Waals surface area (Å²) >= 11 is 0. The molecule has 0 radical (unpaired) electrons. The molecule has 0 unspecified atom stereocenters. The van der Waals surface area contributed by atoms with Crippen molar-refractivity contribution in [3.63, 3.8) is 0 Å². The third kappa shape index (κ3) is 3.56. The predicted octanol–water partition coefficient (Wildman–Crippen LogP) is 0.822. The molecular weight excluding hydrogens is 231 g/mol. The average Bonchev–Trinajstić information content (AvgIpc) is 2.30. The maximum absolute atomic E-state index is 12.9. The van der Waals surface area contributed by atoms with Crippen molar-refractivity contribution in [3.05, 3.63) is 0 Å². The summed E-state index contributed by atoms with van der Waals surface area (Å²) in [5.41, 5.74) is 0.